The maximum atomic E-state index is 4.48. The second kappa shape index (κ2) is 3.48. The normalized spacial score (nSPS) is 15.3. The number of fused-ring (bicyclic) bond motifs is 1. The Hall–Kier alpha value is -1.25. The summed E-state index contributed by atoms with van der Waals surface area (Å²) in [6.45, 7) is 8.54. The van der Waals surface area contributed by atoms with Gasteiger partial charge in [0.2, 0.25) is 0 Å². The molecule has 3 heteroatoms. The largest absolute Gasteiger partial charge is 0.380 e. The molecule has 0 bridgehead atoms. The van der Waals surface area contributed by atoms with Gasteiger partial charge in [0.15, 0.2) is 5.82 Å². The molecule has 0 aliphatic carbocycles. The molecule has 0 radical (unpaired) electrons. The lowest BCUT2D eigenvalue weighted by molar-refractivity contribution is 0.670. The van der Waals surface area contributed by atoms with Gasteiger partial charge < -0.3 is 10.2 Å². The standard InChI is InChI=1S/C11H17N3/c1-8(2)14-5-4-12-10-6-9(3)7-13-11(10)14/h6-8,12H,4-5H2,1-3H3. The fourth-order valence-corrected chi connectivity index (χ4v) is 1.84. The van der Waals surface area contributed by atoms with E-state index in [9.17, 15) is 0 Å². The van der Waals surface area contributed by atoms with Crippen LogP contribution in [0.4, 0.5) is 11.5 Å². The van der Waals surface area contributed by atoms with Crippen LogP contribution in [0.1, 0.15) is 19.4 Å². The predicted molar refractivity (Wildman–Crippen MR) is 59.9 cm³/mol. The van der Waals surface area contributed by atoms with Gasteiger partial charge in [-0.2, -0.15) is 0 Å². The van der Waals surface area contributed by atoms with Gasteiger partial charge in [0, 0.05) is 25.3 Å². The summed E-state index contributed by atoms with van der Waals surface area (Å²) in [4.78, 5) is 6.82. The minimum absolute atomic E-state index is 0.519. The topological polar surface area (TPSA) is 28.2 Å². The van der Waals surface area contributed by atoms with Crippen molar-refractivity contribution in [1.82, 2.24) is 4.98 Å². The fourth-order valence-electron chi connectivity index (χ4n) is 1.84. The Bertz CT molecular complexity index is 333. The Morgan fingerprint density at radius 2 is 2.29 bits per heavy atom. The van der Waals surface area contributed by atoms with Gasteiger partial charge in [-0.15, -0.1) is 0 Å². The molecular formula is C11H17N3. The fraction of sp³-hybridized carbons (Fsp3) is 0.545. The molecule has 1 aromatic rings. The Kier molecular flexibility index (Phi) is 2.32. The van der Waals surface area contributed by atoms with E-state index < -0.39 is 0 Å². The molecule has 1 aliphatic heterocycles. The minimum atomic E-state index is 0.519. The number of pyridine rings is 1. The Balaban J connectivity index is 2.40. The molecule has 0 saturated carbocycles. The first-order valence-electron chi connectivity index (χ1n) is 5.15. The summed E-state index contributed by atoms with van der Waals surface area (Å²) in [5.41, 5.74) is 2.38. The second-order valence-corrected chi connectivity index (χ2v) is 4.10. The van der Waals surface area contributed by atoms with Gasteiger partial charge in [-0.05, 0) is 32.4 Å². The van der Waals surface area contributed by atoms with Crippen molar-refractivity contribution in [3.63, 3.8) is 0 Å². The van der Waals surface area contributed by atoms with E-state index >= 15 is 0 Å². The van der Waals surface area contributed by atoms with Gasteiger partial charge in [0.25, 0.3) is 0 Å². The van der Waals surface area contributed by atoms with Crippen LogP contribution < -0.4 is 10.2 Å². The van der Waals surface area contributed by atoms with E-state index in [1.807, 2.05) is 6.20 Å². The van der Waals surface area contributed by atoms with E-state index in [0.29, 0.717) is 6.04 Å². The lowest BCUT2D eigenvalue weighted by Gasteiger charge is -2.34. The Labute approximate surface area is 85.1 Å². The van der Waals surface area contributed by atoms with E-state index in [0.717, 1.165) is 18.9 Å². The van der Waals surface area contributed by atoms with Crippen LogP contribution in [0.3, 0.4) is 0 Å². The summed E-state index contributed by atoms with van der Waals surface area (Å²) in [6.07, 6.45) is 1.93. The number of aromatic nitrogens is 1. The third kappa shape index (κ3) is 1.54. The van der Waals surface area contributed by atoms with E-state index in [-0.39, 0.29) is 0 Å². The second-order valence-electron chi connectivity index (χ2n) is 4.10. The van der Waals surface area contributed by atoms with Gasteiger partial charge in [-0.1, -0.05) is 0 Å². The molecule has 0 unspecified atom stereocenters. The van der Waals surface area contributed by atoms with Gasteiger partial charge in [0.05, 0.1) is 5.69 Å². The van der Waals surface area contributed by atoms with Gasteiger partial charge in [-0.25, -0.2) is 4.98 Å². The third-order valence-corrected chi connectivity index (χ3v) is 2.57. The SMILES string of the molecule is Cc1cnc2c(c1)NCCN2C(C)C. The highest BCUT2D eigenvalue weighted by molar-refractivity contribution is 5.68. The van der Waals surface area contributed by atoms with Gasteiger partial charge in [-0.3, -0.25) is 0 Å². The molecule has 1 aliphatic rings. The summed E-state index contributed by atoms with van der Waals surface area (Å²) < 4.78 is 0. The highest BCUT2D eigenvalue weighted by atomic mass is 15.3. The van der Waals surface area contributed by atoms with Crippen molar-refractivity contribution in [2.45, 2.75) is 26.8 Å². The number of nitrogens with one attached hydrogen (secondary N) is 1. The van der Waals surface area contributed by atoms with Gasteiger partial charge in [0.1, 0.15) is 0 Å². The van der Waals surface area contributed by atoms with E-state index in [2.05, 4.69) is 42.0 Å². The number of rotatable bonds is 1. The Morgan fingerprint density at radius 1 is 1.50 bits per heavy atom. The Morgan fingerprint density at radius 3 is 3.00 bits per heavy atom. The molecule has 0 aromatic carbocycles. The van der Waals surface area contributed by atoms with Crippen LogP contribution in [0.2, 0.25) is 0 Å². The van der Waals surface area contributed by atoms with Crippen LogP contribution in [-0.2, 0) is 0 Å². The predicted octanol–water partition coefficient (Wildman–Crippen LogP) is 2.03. The lowest BCUT2D eigenvalue weighted by Crippen LogP contribution is -2.39. The first-order valence-corrected chi connectivity index (χ1v) is 5.15. The minimum Gasteiger partial charge on any atom is -0.380 e. The molecule has 1 aromatic heterocycles. The average molecular weight is 191 g/mol. The van der Waals surface area contributed by atoms with Crippen molar-refractivity contribution in [2.75, 3.05) is 23.3 Å². The van der Waals surface area contributed by atoms with Crippen LogP contribution >= 0.6 is 0 Å². The molecular weight excluding hydrogens is 174 g/mol. The molecule has 3 nitrogen and oxygen atoms in total. The first kappa shape index (κ1) is 9.31. The quantitative estimate of drug-likeness (QED) is 0.736. The summed E-state index contributed by atoms with van der Waals surface area (Å²) in [7, 11) is 0. The average Bonchev–Trinajstić information content (AvgIpc) is 2.16. The summed E-state index contributed by atoms with van der Waals surface area (Å²) in [5.74, 6) is 1.09. The molecule has 0 atom stereocenters. The summed E-state index contributed by atoms with van der Waals surface area (Å²) >= 11 is 0. The zero-order chi connectivity index (χ0) is 10.1. The molecule has 0 saturated heterocycles. The van der Waals surface area contributed by atoms with Crippen molar-refractivity contribution in [3.8, 4) is 0 Å². The maximum absolute atomic E-state index is 4.48. The molecule has 2 rings (SSSR count). The van der Waals surface area contributed by atoms with E-state index in [4.69, 9.17) is 0 Å². The summed E-state index contributed by atoms with van der Waals surface area (Å²) in [5, 5.41) is 3.38. The number of aryl methyl sites for hydroxylation is 1. The van der Waals surface area contributed by atoms with Crippen molar-refractivity contribution in [3.05, 3.63) is 17.8 Å². The van der Waals surface area contributed by atoms with Crippen molar-refractivity contribution < 1.29 is 0 Å². The zero-order valence-electron chi connectivity index (χ0n) is 9.04. The third-order valence-electron chi connectivity index (χ3n) is 2.57. The number of nitrogens with zero attached hydrogens (tertiary/aromatic N) is 2. The number of anilines is 2. The molecule has 1 N–H and O–H groups in total. The van der Waals surface area contributed by atoms with E-state index in [1.54, 1.807) is 0 Å². The highest BCUT2D eigenvalue weighted by Gasteiger charge is 2.19. The van der Waals surface area contributed by atoms with Crippen LogP contribution in [0.15, 0.2) is 12.3 Å². The maximum Gasteiger partial charge on any atom is 0.152 e. The molecule has 0 spiro atoms. The zero-order valence-corrected chi connectivity index (χ0v) is 9.04. The molecule has 2 heterocycles. The monoisotopic (exact) mass is 191 g/mol. The van der Waals surface area contributed by atoms with Crippen molar-refractivity contribution in [1.29, 1.82) is 0 Å². The van der Waals surface area contributed by atoms with Crippen LogP contribution in [0.5, 0.6) is 0 Å². The van der Waals surface area contributed by atoms with Crippen LogP contribution in [0, 0.1) is 6.92 Å². The van der Waals surface area contributed by atoms with Crippen molar-refractivity contribution >= 4 is 11.5 Å². The molecule has 0 amide bonds. The molecule has 14 heavy (non-hydrogen) atoms. The lowest BCUT2D eigenvalue weighted by atomic mass is 10.2. The smallest absolute Gasteiger partial charge is 0.152 e. The van der Waals surface area contributed by atoms with Crippen LogP contribution in [0.25, 0.3) is 0 Å². The number of hydrogen-bond acceptors (Lipinski definition) is 3. The van der Waals surface area contributed by atoms with E-state index in [1.165, 1.54) is 11.3 Å². The highest BCUT2D eigenvalue weighted by Crippen LogP contribution is 2.28. The molecule has 76 valence electrons. The summed E-state index contributed by atoms with van der Waals surface area (Å²) in [6, 6.07) is 2.68. The molecule has 0 fully saturated rings. The van der Waals surface area contributed by atoms with Gasteiger partial charge >= 0.3 is 0 Å². The number of hydrogen-bond donors (Lipinski definition) is 1. The van der Waals surface area contributed by atoms with Crippen molar-refractivity contribution in [2.24, 2.45) is 0 Å². The van der Waals surface area contributed by atoms with Crippen LogP contribution in [-0.4, -0.2) is 24.1 Å². The first-order chi connectivity index (χ1) is 6.68.